The SMILES string of the molecule is CN1CCN(Cc2nc3c([nH]2)c(=O)n(C)c(=O)n3C)c2cccnc21. The van der Waals surface area contributed by atoms with Crippen LogP contribution in [-0.4, -0.2) is 44.2 Å². The lowest BCUT2D eigenvalue weighted by Gasteiger charge is -2.35. The first kappa shape index (κ1) is 15.4. The summed E-state index contributed by atoms with van der Waals surface area (Å²) in [5.41, 5.74) is 1.00. The maximum atomic E-state index is 12.3. The molecule has 9 nitrogen and oxygen atoms in total. The van der Waals surface area contributed by atoms with Crippen LogP contribution in [0.1, 0.15) is 5.82 Å². The Hall–Kier alpha value is -3.10. The highest BCUT2D eigenvalue weighted by Crippen LogP contribution is 2.30. The van der Waals surface area contributed by atoms with Crippen molar-refractivity contribution in [1.82, 2.24) is 24.1 Å². The lowest BCUT2D eigenvalue weighted by molar-refractivity contribution is 0.704. The third-order valence-electron chi connectivity index (χ3n) is 4.66. The van der Waals surface area contributed by atoms with Crippen molar-refractivity contribution in [2.45, 2.75) is 6.54 Å². The molecule has 0 saturated carbocycles. The highest BCUT2D eigenvalue weighted by molar-refractivity contribution is 5.71. The molecule has 0 aromatic carbocycles. The maximum Gasteiger partial charge on any atom is 0.332 e. The number of anilines is 2. The normalized spacial score (nSPS) is 14.2. The van der Waals surface area contributed by atoms with Gasteiger partial charge in [0.15, 0.2) is 11.5 Å². The van der Waals surface area contributed by atoms with E-state index in [-0.39, 0.29) is 11.2 Å². The summed E-state index contributed by atoms with van der Waals surface area (Å²) in [5, 5.41) is 0. The fraction of sp³-hybridized carbons (Fsp3) is 0.375. The summed E-state index contributed by atoms with van der Waals surface area (Å²) in [6, 6.07) is 3.93. The molecule has 0 saturated heterocycles. The average Bonchev–Trinajstić information content (AvgIpc) is 3.05. The summed E-state index contributed by atoms with van der Waals surface area (Å²) >= 11 is 0. The molecule has 1 aliphatic rings. The van der Waals surface area contributed by atoms with Crippen LogP contribution in [-0.2, 0) is 20.6 Å². The molecule has 0 bridgehead atoms. The molecule has 0 atom stereocenters. The molecule has 3 aromatic heterocycles. The van der Waals surface area contributed by atoms with Gasteiger partial charge in [-0.1, -0.05) is 0 Å². The van der Waals surface area contributed by atoms with Gasteiger partial charge in [-0.15, -0.1) is 0 Å². The molecular weight excluding hydrogens is 322 g/mol. The van der Waals surface area contributed by atoms with Crippen molar-refractivity contribution in [2.75, 3.05) is 29.9 Å². The average molecular weight is 341 g/mol. The van der Waals surface area contributed by atoms with E-state index in [1.807, 2.05) is 19.2 Å². The lowest BCUT2D eigenvalue weighted by Crippen LogP contribution is -2.39. The number of hydrogen-bond acceptors (Lipinski definition) is 6. The zero-order valence-electron chi connectivity index (χ0n) is 14.4. The van der Waals surface area contributed by atoms with Crippen LogP contribution in [0.5, 0.6) is 0 Å². The third kappa shape index (κ3) is 2.31. The van der Waals surface area contributed by atoms with Gasteiger partial charge < -0.3 is 14.8 Å². The molecule has 4 heterocycles. The third-order valence-corrected chi connectivity index (χ3v) is 4.66. The van der Waals surface area contributed by atoms with Crippen LogP contribution in [0.15, 0.2) is 27.9 Å². The highest BCUT2D eigenvalue weighted by Gasteiger charge is 2.22. The van der Waals surface area contributed by atoms with Gasteiger partial charge in [0.25, 0.3) is 5.56 Å². The van der Waals surface area contributed by atoms with E-state index in [0.717, 1.165) is 29.2 Å². The zero-order chi connectivity index (χ0) is 17.7. The van der Waals surface area contributed by atoms with E-state index in [9.17, 15) is 9.59 Å². The Morgan fingerprint density at radius 3 is 2.76 bits per heavy atom. The van der Waals surface area contributed by atoms with Crippen molar-refractivity contribution >= 4 is 22.7 Å². The summed E-state index contributed by atoms with van der Waals surface area (Å²) in [6.07, 6.45) is 1.78. The van der Waals surface area contributed by atoms with Crippen LogP contribution in [0.2, 0.25) is 0 Å². The Labute approximate surface area is 143 Å². The van der Waals surface area contributed by atoms with Crippen molar-refractivity contribution in [1.29, 1.82) is 0 Å². The molecule has 9 heteroatoms. The minimum absolute atomic E-state index is 0.347. The fourth-order valence-electron chi connectivity index (χ4n) is 3.22. The van der Waals surface area contributed by atoms with Crippen LogP contribution in [0.4, 0.5) is 11.5 Å². The molecule has 0 aliphatic carbocycles. The predicted molar refractivity (Wildman–Crippen MR) is 95.1 cm³/mol. The number of imidazole rings is 1. The van der Waals surface area contributed by atoms with E-state index in [2.05, 4.69) is 24.8 Å². The van der Waals surface area contributed by atoms with Gasteiger partial charge in [-0.3, -0.25) is 13.9 Å². The van der Waals surface area contributed by atoms with Crippen LogP contribution in [0, 0.1) is 0 Å². The number of aromatic amines is 1. The quantitative estimate of drug-likeness (QED) is 0.695. The number of aryl methyl sites for hydroxylation is 1. The second kappa shape index (κ2) is 5.47. The minimum Gasteiger partial charge on any atom is -0.359 e. The Morgan fingerprint density at radius 2 is 1.96 bits per heavy atom. The van der Waals surface area contributed by atoms with Crippen LogP contribution < -0.4 is 21.0 Å². The van der Waals surface area contributed by atoms with E-state index >= 15 is 0 Å². The summed E-state index contributed by atoms with van der Waals surface area (Å²) in [6.45, 7) is 2.19. The molecule has 130 valence electrons. The number of H-pyrrole nitrogens is 1. The number of hydrogen-bond donors (Lipinski definition) is 1. The number of likely N-dealkylation sites (N-methyl/N-ethyl adjacent to an activating group) is 1. The minimum atomic E-state index is -0.385. The second-order valence-electron chi connectivity index (χ2n) is 6.28. The van der Waals surface area contributed by atoms with Crippen LogP contribution in [0.25, 0.3) is 11.2 Å². The van der Waals surface area contributed by atoms with Gasteiger partial charge >= 0.3 is 5.69 Å². The maximum absolute atomic E-state index is 12.3. The molecule has 1 N–H and O–H groups in total. The molecule has 0 radical (unpaired) electrons. The standard InChI is InChI=1S/C16H19N7O2/c1-20-7-8-23(10-5-4-6-17-13(10)20)9-11-18-12-14(19-11)21(2)16(25)22(3)15(12)24/h4-6H,7-9H2,1-3H3,(H,18,19). The van der Waals surface area contributed by atoms with Crippen molar-refractivity contribution in [3.8, 4) is 0 Å². The second-order valence-corrected chi connectivity index (χ2v) is 6.28. The number of nitrogens with zero attached hydrogens (tertiary/aromatic N) is 6. The van der Waals surface area contributed by atoms with E-state index in [0.29, 0.717) is 23.5 Å². The number of nitrogens with one attached hydrogen (secondary N) is 1. The van der Waals surface area contributed by atoms with Gasteiger partial charge in [0.1, 0.15) is 11.3 Å². The summed E-state index contributed by atoms with van der Waals surface area (Å²) in [5.74, 6) is 1.57. The van der Waals surface area contributed by atoms with Crippen molar-refractivity contribution in [3.05, 3.63) is 45.0 Å². The molecule has 1 aliphatic heterocycles. The number of rotatable bonds is 2. The smallest absolute Gasteiger partial charge is 0.332 e. The Kier molecular flexibility index (Phi) is 3.38. The molecule has 0 spiro atoms. The summed E-state index contributed by atoms with van der Waals surface area (Å²) in [7, 11) is 5.10. The monoisotopic (exact) mass is 341 g/mol. The first-order valence-electron chi connectivity index (χ1n) is 8.03. The van der Waals surface area contributed by atoms with Gasteiger partial charge in [-0.2, -0.15) is 0 Å². The molecule has 3 aromatic rings. The van der Waals surface area contributed by atoms with E-state index in [1.54, 1.807) is 13.2 Å². The Balaban J connectivity index is 1.77. The van der Waals surface area contributed by atoms with Crippen molar-refractivity contribution in [2.24, 2.45) is 14.1 Å². The fourth-order valence-corrected chi connectivity index (χ4v) is 3.22. The largest absolute Gasteiger partial charge is 0.359 e. The number of fused-ring (bicyclic) bond motifs is 2. The van der Waals surface area contributed by atoms with E-state index in [4.69, 9.17) is 0 Å². The molecule has 25 heavy (non-hydrogen) atoms. The van der Waals surface area contributed by atoms with Crippen molar-refractivity contribution in [3.63, 3.8) is 0 Å². The lowest BCUT2D eigenvalue weighted by atomic mass is 10.2. The summed E-state index contributed by atoms with van der Waals surface area (Å²) in [4.78, 5) is 40.6. The van der Waals surface area contributed by atoms with E-state index in [1.165, 1.54) is 11.6 Å². The topological polar surface area (TPSA) is 92.0 Å². The van der Waals surface area contributed by atoms with Crippen LogP contribution in [0.3, 0.4) is 0 Å². The highest BCUT2D eigenvalue weighted by atomic mass is 16.2. The Morgan fingerprint density at radius 1 is 1.16 bits per heavy atom. The van der Waals surface area contributed by atoms with Gasteiger partial charge in [0, 0.05) is 40.4 Å². The molecular formula is C16H19N7O2. The van der Waals surface area contributed by atoms with Gasteiger partial charge in [0.2, 0.25) is 0 Å². The van der Waals surface area contributed by atoms with Gasteiger partial charge in [-0.05, 0) is 12.1 Å². The molecule has 0 unspecified atom stereocenters. The first-order chi connectivity index (χ1) is 12.0. The molecule has 4 rings (SSSR count). The predicted octanol–water partition coefficient (Wildman–Crippen LogP) is -0.188. The first-order valence-corrected chi connectivity index (χ1v) is 8.03. The molecule has 0 amide bonds. The zero-order valence-corrected chi connectivity index (χ0v) is 14.4. The van der Waals surface area contributed by atoms with E-state index < -0.39 is 0 Å². The number of pyridine rings is 1. The molecule has 0 fully saturated rings. The Bertz CT molecular complexity index is 1080. The van der Waals surface area contributed by atoms with Crippen LogP contribution >= 0.6 is 0 Å². The van der Waals surface area contributed by atoms with Gasteiger partial charge in [-0.25, -0.2) is 14.8 Å². The summed E-state index contributed by atoms with van der Waals surface area (Å²) < 4.78 is 2.47. The number of aromatic nitrogens is 5. The van der Waals surface area contributed by atoms with Gasteiger partial charge in [0.05, 0.1) is 12.2 Å². The van der Waals surface area contributed by atoms with Crippen molar-refractivity contribution < 1.29 is 0 Å².